The Bertz CT molecular complexity index is 1930. The van der Waals surface area contributed by atoms with Crippen LogP contribution in [0.15, 0.2) is 70.7 Å². The summed E-state index contributed by atoms with van der Waals surface area (Å²) in [5, 5.41) is 15.8. The summed E-state index contributed by atoms with van der Waals surface area (Å²) in [5.41, 5.74) is 2.66. The topological polar surface area (TPSA) is 108 Å². The van der Waals surface area contributed by atoms with Crippen molar-refractivity contribution in [2.45, 2.75) is 65.6 Å². The number of halogens is 1. The lowest BCUT2D eigenvalue weighted by molar-refractivity contribution is -0.142. The zero-order valence-corrected chi connectivity index (χ0v) is 28.9. The predicted molar refractivity (Wildman–Crippen MR) is 189 cm³/mol. The largest absolute Gasteiger partial charge is 0.497 e. The minimum Gasteiger partial charge on any atom is -0.497 e. The molecule has 10 nitrogen and oxygen atoms in total. The lowest BCUT2D eigenvalue weighted by Gasteiger charge is -2.61. The summed E-state index contributed by atoms with van der Waals surface area (Å²) in [6, 6.07) is 14.2. The molecular formula is C38H46FN7O3. The third-order valence-corrected chi connectivity index (χ3v) is 11.5. The van der Waals surface area contributed by atoms with Crippen LogP contribution in [-0.2, 0) is 13.0 Å². The average molecular weight is 668 g/mol. The highest BCUT2D eigenvalue weighted by Crippen LogP contribution is 2.61. The number of ether oxygens (including phenoxy) is 1. The van der Waals surface area contributed by atoms with Gasteiger partial charge in [0.2, 0.25) is 0 Å². The first-order valence-electron chi connectivity index (χ1n) is 17.4. The third kappa shape index (κ3) is 6.30. The van der Waals surface area contributed by atoms with Gasteiger partial charge in [0.15, 0.2) is 5.96 Å². The van der Waals surface area contributed by atoms with Crippen LogP contribution in [0.1, 0.15) is 46.1 Å². The Morgan fingerprint density at radius 2 is 1.98 bits per heavy atom. The van der Waals surface area contributed by atoms with Crippen LogP contribution in [0.3, 0.4) is 0 Å². The first-order chi connectivity index (χ1) is 23.5. The molecule has 4 aromatic rings. The maximum atomic E-state index is 14.8. The Kier molecular flexibility index (Phi) is 8.91. The molecule has 4 aliphatic rings. The van der Waals surface area contributed by atoms with Crippen LogP contribution in [0, 0.1) is 29.0 Å². The van der Waals surface area contributed by atoms with Crippen molar-refractivity contribution in [1.29, 1.82) is 0 Å². The van der Waals surface area contributed by atoms with Crippen molar-refractivity contribution in [2.24, 2.45) is 28.2 Å². The smallest absolute Gasteiger partial charge is 0.261 e. The van der Waals surface area contributed by atoms with Gasteiger partial charge in [-0.2, -0.15) is 5.06 Å². The molecule has 2 aromatic carbocycles. The van der Waals surface area contributed by atoms with Crippen LogP contribution in [0.25, 0.3) is 22.3 Å². The molecule has 1 aliphatic heterocycles. The fraction of sp³-hybridized carbons (Fsp3) is 0.474. The molecule has 3 heterocycles. The quantitative estimate of drug-likeness (QED) is 0.180. The number of methoxy groups -OCH3 is 1. The monoisotopic (exact) mass is 667 g/mol. The van der Waals surface area contributed by atoms with E-state index in [1.54, 1.807) is 35.2 Å². The maximum absolute atomic E-state index is 14.8. The molecule has 11 heteroatoms. The summed E-state index contributed by atoms with van der Waals surface area (Å²) < 4.78 is 21.6. The van der Waals surface area contributed by atoms with Crippen molar-refractivity contribution in [3.05, 3.63) is 82.7 Å². The molecule has 2 aromatic heterocycles. The van der Waals surface area contributed by atoms with Crippen molar-refractivity contribution >= 4 is 22.5 Å². The van der Waals surface area contributed by atoms with Gasteiger partial charge in [0.05, 0.1) is 24.1 Å². The second kappa shape index (κ2) is 13.2. The number of nitrogens with zero attached hydrogens (tertiary/aromatic N) is 6. The van der Waals surface area contributed by atoms with Crippen molar-refractivity contribution in [3.8, 4) is 17.1 Å². The van der Waals surface area contributed by atoms with E-state index in [0.29, 0.717) is 82.8 Å². The van der Waals surface area contributed by atoms with Crippen LogP contribution in [0.2, 0.25) is 0 Å². The van der Waals surface area contributed by atoms with E-state index in [0.717, 1.165) is 18.1 Å². The Balaban J connectivity index is 1.23. The number of rotatable bonds is 7. The molecule has 0 radical (unpaired) electrons. The standard InChI is InChI=1S/C38H46FN7O3/c1-23-22-44(15-16-46(23)48)37(43-33-18-27-17-31(24(33)2)38(27,3)4)41-28-9-11-30-34(19-28)42-35(26-7-6-13-40-21-26)45(36(30)47)14-12-25-8-10-29(49-5)20-32(25)39/h6-11,13,19-21,23-24,27,31,33,48H,12,14-18,22H2,1-5H3,(H,41,43)/t23-,24-,27+,31-,33?/m0/s1. The van der Waals surface area contributed by atoms with Crippen molar-refractivity contribution < 1.29 is 14.3 Å². The van der Waals surface area contributed by atoms with E-state index in [1.807, 2.05) is 31.2 Å². The van der Waals surface area contributed by atoms with Gasteiger partial charge in [0, 0.05) is 61.9 Å². The van der Waals surface area contributed by atoms with Crippen molar-refractivity contribution in [3.63, 3.8) is 0 Å². The lowest BCUT2D eigenvalue weighted by atomic mass is 9.45. The van der Waals surface area contributed by atoms with Gasteiger partial charge in [-0.1, -0.05) is 26.8 Å². The number of benzene rings is 2. The molecule has 3 aliphatic carbocycles. The minimum absolute atomic E-state index is 0.0398. The summed E-state index contributed by atoms with van der Waals surface area (Å²) in [5.74, 6) is 3.13. The molecule has 2 N–H and O–H groups in total. The summed E-state index contributed by atoms with van der Waals surface area (Å²) in [7, 11) is 1.50. The average Bonchev–Trinajstić information content (AvgIpc) is 3.10. The van der Waals surface area contributed by atoms with Gasteiger partial charge in [0.1, 0.15) is 17.4 Å². The van der Waals surface area contributed by atoms with Gasteiger partial charge in [0.25, 0.3) is 5.56 Å². The van der Waals surface area contributed by atoms with Gasteiger partial charge in [-0.05, 0) is 91.3 Å². The lowest BCUT2D eigenvalue weighted by Crippen LogP contribution is -2.57. The van der Waals surface area contributed by atoms with E-state index in [-0.39, 0.29) is 30.0 Å². The number of aliphatic imine (C=N–C) groups is 1. The molecular weight excluding hydrogens is 621 g/mol. The van der Waals surface area contributed by atoms with Crippen molar-refractivity contribution in [1.82, 2.24) is 24.5 Å². The summed E-state index contributed by atoms with van der Waals surface area (Å²) in [6.45, 7) is 11.2. The molecule has 4 fully saturated rings. The number of hydroxylamine groups is 2. The second-order valence-electron chi connectivity index (χ2n) is 14.6. The molecule has 5 atom stereocenters. The van der Waals surface area contributed by atoms with Crippen LogP contribution < -0.4 is 15.6 Å². The van der Waals surface area contributed by atoms with Crippen LogP contribution in [0.5, 0.6) is 5.75 Å². The summed E-state index contributed by atoms with van der Waals surface area (Å²) in [4.78, 5) is 31.0. The highest BCUT2D eigenvalue weighted by molar-refractivity contribution is 5.96. The number of anilines is 1. The number of aryl methyl sites for hydroxylation is 1. The zero-order valence-electron chi connectivity index (χ0n) is 28.9. The Hall–Kier alpha value is -4.35. The summed E-state index contributed by atoms with van der Waals surface area (Å²) in [6.07, 6.45) is 6.01. The van der Waals surface area contributed by atoms with E-state index in [1.165, 1.54) is 24.7 Å². The maximum Gasteiger partial charge on any atom is 0.261 e. The molecule has 1 unspecified atom stereocenters. The normalized spacial score (nSPS) is 25.2. The molecule has 3 saturated carbocycles. The number of hydrogen-bond acceptors (Lipinski definition) is 7. The highest BCUT2D eigenvalue weighted by Gasteiger charge is 2.56. The zero-order chi connectivity index (χ0) is 34.4. The Morgan fingerprint density at radius 1 is 1.14 bits per heavy atom. The fourth-order valence-electron chi connectivity index (χ4n) is 8.22. The molecule has 8 rings (SSSR count). The first kappa shape index (κ1) is 33.2. The predicted octanol–water partition coefficient (Wildman–Crippen LogP) is 6.08. The number of fused-ring (bicyclic) bond motifs is 3. The van der Waals surface area contributed by atoms with Crippen LogP contribution >= 0.6 is 0 Å². The van der Waals surface area contributed by atoms with E-state index in [9.17, 15) is 14.4 Å². The van der Waals surface area contributed by atoms with Crippen LogP contribution in [0.4, 0.5) is 10.1 Å². The van der Waals surface area contributed by atoms with E-state index in [2.05, 4.69) is 36.0 Å². The molecule has 49 heavy (non-hydrogen) atoms. The van der Waals surface area contributed by atoms with Gasteiger partial charge in [-0.15, -0.1) is 0 Å². The van der Waals surface area contributed by atoms with Crippen molar-refractivity contribution in [2.75, 3.05) is 32.1 Å². The van der Waals surface area contributed by atoms with E-state index < -0.39 is 0 Å². The van der Waals surface area contributed by atoms with Gasteiger partial charge in [-0.25, -0.2) is 14.4 Å². The molecule has 2 bridgehead atoms. The van der Waals surface area contributed by atoms with Gasteiger partial charge >= 0.3 is 0 Å². The Morgan fingerprint density at radius 3 is 2.67 bits per heavy atom. The molecule has 1 saturated heterocycles. The second-order valence-corrected chi connectivity index (χ2v) is 14.6. The number of guanidine groups is 1. The number of hydrogen-bond donors (Lipinski definition) is 2. The number of aromatic nitrogens is 3. The number of piperazine rings is 1. The molecule has 258 valence electrons. The number of pyridine rings is 1. The third-order valence-electron chi connectivity index (χ3n) is 11.5. The number of nitrogens with one attached hydrogen (secondary N) is 1. The Labute approximate surface area is 286 Å². The van der Waals surface area contributed by atoms with Gasteiger partial charge < -0.3 is 20.2 Å². The van der Waals surface area contributed by atoms with E-state index in [4.69, 9.17) is 14.7 Å². The molecule has 0 spiro atoms. The molecule has 0 amide bonds. The van der Waals surface area contributed by atoms with Gasteiger partial charge in [-0.3, -0.25) is 14.3 Å². The highest BCUT2D eigenvalue weighted by atomic mass is 19.1. The van der Waals surface area contributed by atoms with Crippen LogP contribution in [-0.4, -0.2) is 74.5 Å². The summed E-state index contributed by atoms with van der Waals surface area (Å²) >= 11 is 0. The minimum atomic E-state index is -0.379. The SMILES string of the molecule is COc1ccc(CCn2c(-c3cccnc3)nc3cc(N/C(=N/C4C[C@H]5C[C@@H]([C@@H]4C)C5(C)C)N4CCN(O)[C@@H](C)C4)ccc3c2=O)c(F)c1. The fourth-order valence-corrected chi connectivity index (χ4v) is 8.22. The van der Waals surface area contributed by atoms with E-state index >= 15 is 0 Å². The first-order valence-corrected chi connectivity index (χ1v) is 17.4.